The van der Waals surface area contributed by atoms with E-state index < -0.39 is 0 Å². The maximum Gasteiger partial charge on any atom is 0.115 e. The van der Waals surface area contributed by atoms with Gasteiger partial charge in [0.05, 0.1) is 6.61 Å². The Hall–Kier alpha value is -1.02. The van der Waals surface area contributed by atoms with E-state index in [1.807, 2.05) is 12.1 Å². The SMILES string of the molecule is OCC(c1cccc(O)c1)C1CCC1. The lowest BCUT2D eigenvalue weighted by Crippen LogP contribution is -2.22. The molecule has 1 aromatic carbocycles. The molecule has 0 saturated heterocycles. The Morgan fingerprint density at radius 2 is 2.14 bits per heavy atom. The summed E-state index contributed by atoms with van der Waals surface area (Å²) in [5.41, 5.74) is 1.07. The molecule has 2 heteroatoms. The van der Waals surface area contributed by atoms with Crippen molar-refractivity contribution in [2.45, 2.75) is 25.2 Å². The molecule has 1 aliphatic carbocycles. The molecule has 1 saturated carbocycles. The first-order valence-corrected chi connectivity index (χ1v) is 5.21. The zero-order valence-corrected chi connectivity index (χ0v) is 8.19. The van der Waals surface area contributed by atoms with Crippen molar-refractivity contribution in [3.63, 3.8) is 0 Å². The van der Waals surface area contributed by atoms with Crippen molar-refractivity contribution >= 4 is 0 Å². The minimum Gasteiger partial charge on any atom is -0.508 e. The molecule has 1 atom stereocenters. The molecule has 0 heterocycles. The lowest BCUT2D eigenvalue weighted by atomic mass is 9.73. The first-order valence-electron chi connectivity index (χ1n) is 5.21. The minimum atomic E-state index is 0.189. The fourth-order valence-electron chi connectivity index (χ4n) is 2.12. The Morgan fingerprint density at radius 1 is 1.36 bits per heavy atom. The van der Waals surface area contributed by atoms with E-state index >= 15 is 0 Å². The summed E-state index contributed by atoms with van der Waals surface area (Å²) >= 11 is 0. The molecule has 2 nitrogen and oxygen atoms in total. The molecule has 1 fully saturated rings. The highest BCUT2D eigenvalue weighted by Crippen LogP contribution is 2.39. The van der Waals surface area contributed by atoms with E-state index in [9.17, 15) is 10.2 Å². The summed E-state index contributed by atoms with van der Waals surface area (Å²) in [7, 11) is 0. The van der Waals surface area contributed by atoms with Crippen LogP contribution in [0.15, 0.2) is 24.3 Å². The molecule has 1 aromatic rings. The number of phenols is 1. The molecule has 0 radical (unpaired) electrons. The van der Waals surface area contributed by atoms with Crippen molar-refractivity contribution in [3.8, 4) is 5.75 Å². The molecule has 0 amide bonds. The van der Waals surface area contributed by atoms with Gasteiger partial charge < -0.3 is 10.2 Å². The van der Waals surface area contributed by atoms with Gasteiger partial charge >= 0.3 is 0 Å². The average Bonchev–Trinajstić information content (AvgIpc) is 2.10. The normalized spacial score (nSPS) is 18.9. The Labute approximate surface area is 84.2 Å². The van der Waals surface area contributed by atoms with Gasteiger partial charge in [-0.1, -0.05) is 18.6 Å². The zero-order valence-electron chi connectivity index (χ0n) is 8.19. The third-order valence-electron chi connectivity index (χ3n) is 3.21. The van der Waals surface area contributed by atoms with Crippen LogP contribution in [0, 0.1) is 5.92 Å². The molecular weight excluding hydrogens is 176 g/mol. The highest BCUT2D eigenvalue weighted by Gasteiger charge is 2.27. The van der Waals surface area contributed by atoms with Crippen molar-refractivity contribution in [3.05, 3.63) is 29.8 Å². The Bertz CT molecular complexity index is 305. The quantitative estimate of drug-likeness (QED) is 0.771. The van der Waals surface area contributed by atoms with E-state index in [0.717, 1.165) is 5.56 Å². The number of hydrogen-bond donors (Lipinski definition) is 2. The second-order valence-electron chi connectivity index (χ2n) is 4.08. The van der Waals surface area contributed by atoms with E-state index in [0.29, 0.717) is 11.7 Å². The van der Waals surface area contributed by atoms with Gasteiger partial charge in [-0.05, 0) is 36.5 Å². The van der Waals surface area contributed by atoms with E-state index in [4.69, 9.17) is 0 Å². The van der Waals surface area contributed by atoms with E-state index in [2.05, 4.69) is 0 Å². The lowest BCUT2D eigenvalue weighted by molar-refractivity contribution is 0.173. The number of phenolic OH excluding ortho intramolecular Hbond substituents is 1. The monoisotopic (exact) mass is 192 g/mol. The maximum absolute atomic E-state index is 9.35. The maximum atomic E-state index is 9.35. The van der Waals surface area contributed by atoms with Gasteiger partial charge in [0.1, 0.15) is 5.75 Å². The molecule has 0 aromatic heterocycles. The molecule has 76 valence electrons. The predicted octanol–water partition coefficient (Wildman–Crippen LogP) is 2.27. The van der Waals surface area contributed by atoms with Gasteiger partial charge in [0.15, 0.2) is 0 Å². The predicted molar refractivity (Wildman–Crippen MR) is 55.3 cm³/mol. The molecule has 2 rings (SSSR count). The molecule has 0 spiro atoms. The third-order valence-corrected chi connectivity index (χ3v) is 3.21. The smallest absolute Gasteiger partial charge is 0.115 e. The van der Waals surface area contributed by atoms with Crippen LogP contribution in [0.4, 0.5) is 0 Å². The van der Waals surface area contributed by atoms with Gasteiger partial charge in [0, 0.05) is 5.92 Å². The Morgan fingerprint density at radius 3 is 2.64 bits per heavy atom. The van der Waals surface area contributed by atoms with Crippen LogP contribution < -0.4 is 0 Å². The number of aromatic hydroxyl groups is 1. The van der Waals surface area contributed by atoms with Crippen LogP contribution in [0.1, 0.15) is 30.7 Å². The van der Waals surface area contributed by atoms with Crippen LogP contribution >= 0.6 is 0 Å². The van der Waals surface area contributed by atoms with Crippen molar-refractivity contribution in [1.29, 1.82) is 0 Å². The van der Waals surface area contributed by atoms with Gasteiger partial charge in [0.2, 0.25) is 0 Å². The molecule has 2 N–H and O–H groups in total. The summed E-state index contributed by atoms with van der Waals surface area (Å²) in [6, 6.07) is 7.25. The second kappa shape index (κ2) is 4.01. The van der Waals surface area contributed by atoms with Crippen LogP contribution in [-0.2, 0) is 0 Å². The van der Waals surface area contributed by atoms with E-state index in [1.54, 1.807) is 12.1 Å². The molecule has 0 bridgehead atoms. The number of aliphatic hydroxyl groups is 1. The third kappa shape index (κ3) is 1.75. The van der Waals surface area contributed by atoms with Crippen LogP contribution in [0.2, 0.25) is 0 Å². The first-order chi connectivity index (χ1) is 6.81. The van der Waals surface area contributed by atoms with Crippen molar-refractivity contribution in [2.24, 2.45) is 5.92 Å². The zero-order chi connectivity index (χ0) is 9.97. The van der Waals surface area contributed by atoms with Gasteiger partial charge in [0.25, 0.3) is 0 Å². The summed E-state index contributed by atoms with van der Waals surface area (Å²) in [4.78, 5) is 0. The Kier molecular flexibility index (Phi) is 2.73. The van der Waals surface area contributed by atoms with E-state index in [-0.39, 0.29) is 12.5 Å². The Balaban J connectivity index is 2.17. The standard InChI is InChI=1S/C12H16O2/c13-8-12(9-3-1-4-9)10-5-2-6-11(14)7-10/h2,5-7,9,12-14H,1,3-4,8H2. The molecule has 14 heavy (non-hydrogen) atoms. The van der Waals surface area contributed by atoms with Gasteiger partial charge in [-0.2, -0.15) is 0 Å². The summed E-state index contributed by atoms with van der Waals surface area (Å²) in [6.45, 7) is 0.189. The van der Waals surface area contributed by atoms with Crippen LogP contribution in [0.5, 0.6) is 5.75 Å². The van der Waals surface area contributed by atoms with Crippen molar-refractivity contribution < 1.29 is 10.2 Å². The highest BCUT2D eigenvalue weighted by molar-refractivity contribution is 5.30. The van der Waals surface area contributed by atoms with Gasteiger partial charge in [-0.25, -0.2) is 0 Å². The topological polar surface area (TPSA) is 40.5 Å². The van der Waals surface area contributed by atoms with Crippen molar-refractivity contribution in [2.75, 3.05) is 6.61 Å². The van der Waals surface area contributed by atoms with Gasteiger partial charge in [-0.15, -0.1) is 0 Å². The number of hydrogen-bond acceptors (Lipinski definition) is 2. The fourth-order valence-corrected chi connectivity index (χ4v) is 2.12. The summed E-state index contributed by atoms with van der Waals surface area (Å²) < 4.78 is 0. The average molecular weight is 192 g/mol. The second-order valence-corrected chi connectivity index (χ2v) is 4.08. The van der Waals surface area contributed by atoms with Crippen LogP contribution in [-0.4, -0.2) is 16.8 Å². The summed E-state index contributed by atoms with van der Waals surface area (Å²) in [5, 5.41) is 18.7. The van der Waals surface area contributed by atoms with E-state index in [1.165, 1.54) is 19.3 Å². The molecular formula is C12H16O2. The molecule has 1 unspecified atom stereocenters. The minimum absolute atomic E-state index is 0.189. The van der Waals surface area contributed by atoms with Crippen LogP contribution in [0.25, 0.3) is 0 Å². The number of rotatable bonds is 3. The van der Waals surface area contributed by atoms with Crippen molar-refractivity contribution in [1.82, 2.24) is 0 Å². The molecule has 0 aliphatic heterocycles. The summed E-state index contributed by atoms with van der Waals surface area (Å²) in [6.07, 6.45) is 3.70. The van der Waals surface area contributed by atoms with Gasteiger partial charge in [-0.3, -0.25) is 0 Å². The fraction of sp³-hybridized carbons (Fsp3) is 0.500. The largest absolute Gasteiger partial charge is 0.508 e. The first kappa shape index (κ1) is 9.53. The summed E-state index contributed by atoms with van der Waals surface area (Å²) in [5.74, 6) is 1.12. The number of benzene rings is 1. The number of aliphatic hydroxyl groups excluding tert-OH is 1. The van der Waals surface area contributed by atoms with Crippen LogP contribution in [0.3, 0.4) is 0 Å². The molecule has 1 aliphatic rings. The highest BCUT2D eigenvalue weighted by atomic mass is 16.3. The lowest BCUT2D eigenvalue weighted by Gasteiger charge is -2.33.